The van der Waals surface area contributed by atoms with Crippen LogP contribution >= 0.6 is 22.6 Å². The normalized spacial score (nSPS) is 10.7. The molecule has 0 aliphatic carbocycles. The van der Waals surface area contributed by atoms with Gasteiger partial charge >= 0.3 is 0 Å². The number of hydrogen-bond donors (Lipinski definition) is 1. The first-order valence-corrected chi connectivity index (χ1v) is 7.78. The van der Waals surface area contributed by atoms with Crippen molar-refractivity contribution in [3.8, 4) is 6.07 Å². The fourth-order valence-corrected chi connectivity index (χ4v) is 2.31. The Kier molecular flexibility index (Phi) is 6.00. The van der Waals surface area contributed by atoms with Crippen molar-refractivity contribution in [2.45, 2.75) is 6.54 Å². The predicted octanol–water partition coefficient (Wildman–Crippen LogP) is 3.91. The minimum absolute atomic E-state index is 0.0287. The minimum Gasteiger partial charge on any atom is -0.347 e. The van der Waals surface area contributed by atoms with E-state index in [2.05, 4.69) is 10.5 Å². The van der Waals surface area contributed by atoms with Crippen molar-refractivity contribution in [3.05, 3.63) is 73.7 Å². The Balaban J connectivity index is 2.13. The number of nitroso groups, excluding NO2 is 1. The average Bonchev–Trinajstić information content (AvgIpc) is 2.59. The number of nitriles is 1. The topological polar surface area (TPSA) is 82.3 Å². The van der Waals surface area contributed by atoms with Gasteiger partial charge in [0, 0.05) is 10.1 Å². The molecule has 1 amide bonds. The molecular weight excluding hydrogens is 405 g/mol. The monoisotopic (exact) mass is 417 g/mol. The summed E-state index contributed by atoms with van der Waals surface area (Å²) in [6.07, 6.45) is 1.44. The highest BCUT2D eigenvalue weighted by Crippen LogP contribution is 2.23. The number of benzene rings is 2. The molecule has 0 radical (unpaired) electrons. The first kappa shape index (κ1) is 16.8. The zero-order valence-corrected chi connectivity index (χ0v) is 14.1. The van der Waals surface area contributed by atoms with E-state index in [4.69, 9.17) is 0 Å². The highest BCUT2D eigenvalue weighted by Gasteiger charge is 2.09. The van der Waals surface area contributed by atoms with E-state index >= 15 is 0 Å². The Morgan fingerprint density at radius 3 is 2.65 bits per heavy atom. The van der Waals surface area contributed by atoms with Crippen molar-refractivity contribution in [1.29, 1.82) is 5.26 Å². The fraction of sp³-hybridized carbons (Fsp3) is 0.0588. The molecule has 5 nitrogen and oxygen atoms in total. The van der Waals surface area contributed by atoms with Crippen LogP contribution in [0.2, 0.25) is 0 Å². The van der Waals surface area contributed by atoms with Crippen molar-refractivity contribution >= 4 is 40.3 Å². The van der Waals surface area contributed by atoms with Gasteiger partial charge in [-0.15, -0.1) is 4.91 Å². The lowest BCUT2D eigenvalue weighted by molar-refractivity contribution is -0.117. The summed E-state index contributed by atoms with van der Waals surface area (Å²) in [5, 5.41) is 14.8. The van der Waals surface area contributed by atoms with Gasteiger partial charge in [0.25, 0.3) is 5.91 Å². The zero-order chi connectivity index (χ0) is 16.7. The van der Waals surface area contributed by atoms with Gasteiger partial charge in [0.15, 0.2) is 0 Å². The molecular formula is C17H12IN3O2. The van der Waals surface area contributed by atoms with Crippen LogP contribution in [0.5, 0.6) is 0 Å². The number of hydrogen-bond acceptors (Lipinski definition) is 4. The van der Waals surface area contributed by atoms with Crippen molar-refractivity contribution in [1.82, 2.24) is 5.32 Å². The summed E-state index contributed by atoms with van der Waals surface area (Å²) < 4.78 is 0.710. The highest BCUT2D eigenvalue weighted by molar-refractivity contribution is 14.1. The molecule has 0 aliphatic heterocycles. The van der Waals surface area contributed by atoms with Gasteiger partial charge in [0.2, 0.25) is 0 Å². The number of nitrogens with one attached hydrogen (secondary N) is 1. The smallest absolute Gasteiger partial charge is 0.262 e. The second kappa shape index (κ2) is 8.19. The average molecular weight is 417 g/mol. The molecule has 0 saturated carbocycles. The summed E-state index contributed by atoms with van der Waals surface area (Å²) in [4.78, 5) is 22.8. The van der Waals surface area contributed by atoms with Crippen molar-refractivity contribution in [2.75, 3.05) is 0 Å². The van der Waals surface area contributed by atoms with E-state index in [9.17, 15) is 15.0 Å². The molecule has 114 valence electrons. The van der Waals surface area contributed by atoms with Crippen LogP contribution < -0.4 is 5.32 Å². The molecule has 0 unspecified atom stereocenters. The molecule has 23 heavy (non-hydrogen) atoms. The van der Waals surface area contributed by atoms with E-state index in [0.29, 0.717) is 15.7 Å². The van der Waals surface area contributed by atoms with Gasteiger partial charge in [-0.05, 0) is 57.1 Å². The Bertz CT molecular complexity index is 795. The number of nitrogens with zero attached hydrogens (tertiary/aromatic N) is 2. The van der Waals surface area contributed by atoms with Crippen molar-refractivity contribution < 1.29 is 4.79 Å². The third kappa shape index (κ3) is 4.72. The van der Waals surface area contributed by atoms with E-state index < -0.39 is 5.91 Å². The molecule has 2 aromatic carbocycles. The van der Waals surface area contributed by atoms with Crippen LogP contribution in [0.15, 0.2) is 59.3 Å². The van der Waals surface area contributed by atoms with Gasteiger partial charge in [-0.1, -0.05) is 36.4 Å². The molecule has 0 atom stereocenters. The maximum Gasteiger partial charge on any atom is 0.262 e. The minimum atomic E-state index is -0.462. The Labute approximate surface area is 147 Å². The van der Waals surface area contributed by atoms with Crippen LogP contribution in [0.1, 0.15) is 11.1 Å². The summed E-state index contributed by atoms with van der Waals surface area (Å²) in [5.41, 5.74) is 1.77. The standard InChI is InChI=1S/C17H12IN3O2/c18-15-7-6-13(9-16(15)21-23)8-14(10-19)17(22)20-11-12-4-2-1-3-5-12/h1-9H,11H2,(H,20,22)/b14-8+. The molecule has 0 aliphatic rings. The molecule has 2 aromatic rings. The first-order valence-electron chi connectivity index (χ1n) is 6.71. The van der Waals surface area contributed by atoms with Crippen LogP contribution in [0, 0.1) is 19.8 Å². The SMILES string of the molecule is N#C/C(=C\c1ccc(I)c(N=O)c1)C(=O)NCc1ccccc1. The molecule has 0 aromatic heterocycles. The van der Waals surface area contributed by atoms with Crippen LogP contribution in [-0.2, 0) is 11.3 Å². The molecule has 0 bridgehead atoms. The van der Waals surface area contributed by atoms with Crippen LogP contribution in [0.25, 0.3) is 6.08 Å². The second-order valence-electron chi connectivity index (χ2n) is 4.64. The molecule has 0 saturated heterocycles. The first-order chi connectivity index (χ1) is 11.1. The Morgan fingerprint density at radius 2 is 2.00 bits per heavy atom. The van der Waals surface area contributed by atoms with Crippen molar-refractivity contribution in [3.63, 3.8) is 0 Å². The third-order valence-electron chi connectivity index (χ3n) is 3.04. The molecule has 0 spiro atoms. The largest absolute Gasteiger partial charge is 0.347 e. The van der Waals surface area contributed by atoms with Gasteiger partial charge in [-0.3, -0.25) is 4.79 Å². The summed E-state index contributed by atoms with van der Waals surface area (Å²) >= 11 is 1.99. The quantitative estimate of drug-likeness (QED) is 0.347. The summed E-state index contributed by atoms with van der Waals surface area (Å²) in [6, 6.07) is 16.3. The second-order valence-corrected chi connectivity index (χ2v) is 5.80. The molecule has 2 rings (SSSR count). The van der Waals surface area contributed by atoms with E-state index in [0.717, 1.165) is 5.56 Å². The number of carbonyl (C=O) groups is 1. The predicted molar refractivity (Wildman–Crippen MR) is 96.5 cm³/mol. The van der Waals surface area contributed by atoms with Crippen molar-refractivity contribution in [2.24, 2.45) is 5.18 Å². The van der Waals surface area contributed by atoms with Gasteiger partial charge in [-0.2, -0.15) is 5.26 Å². The lowest BCUT2D eigenvalue weighted by atomic mass is 10.1. The Hall–Kier alpha value is -2.53. The number of amides is 1. The highest BCUT2D eigenvalue weighted by atomic mass is 127. The van der Waals surface area contributed by atoms with Gasteiger partial charge in [-0.25, -0.2) is 0 Å². The summed E-state index contributed by atoms with van der Waals surface area (Å²) in [6.45, 7) is 0.340. The molecule has 0 fully saturated rings. The van der Waals surface area contributed by atoms with E-state index in [1.807, 2.05) is 59.0 Å². The number of halogens is 1. The van der Waals surface area contributed by atoms with E-state index in [1.54, 1.807) is 12.1 Å². The van der Waals surface area contributed by atoms with Crippen LogP contribution in [-0.4, -0.2) is 5.91 Å². The maximum atomic E-state index is 12.1. The van der Waals surface area contributed by atoms with Crippen LogP contribution in [0.3, 0.4) is 0 Å². The van der Waals surface area contributed by atoms with Gasteiger partial charge in [0.05, 0.1) is 0 Å². The molecule has 6 heteroatoms. The third-order valence-corrected chi connectivity index (χ3v) is 3.95. The fourth-order valence-electron chi connectivity index (χ4n) is 1.88. The van der Waals surface area contributed by atoms with Gasteiger partial charge < -0.3 is 5.32 Å². The summed E-state index contributed by atoms with van der Waals surface area (Å²) in [7, 11) is 0. The lowest BCUT2D eigenvalue weighted by Gasteiger charge is -2.04. The molecule has 0 heterocycles. The molecule has 1 N–H and O–H groups in total. The number of carbonyl (C=O) groups excluding carboxylic acids is 1. The van der Waals surface area contributed by atoms with Gasteiger partial charge in [0.1, 0.15) is 17.3 Å². The van der Waals surface area contributed by atoms with E-state index in [-0.39, 0.29) is 11.3 Å². The lowest BCUT2D eigenvalue weighted by Crippen LogP contribution is -2.23. The van der Waals surface area contributed by atoms with E-state index in [1.165, 1.54) is 12.1 Å². The Morgan fingerprint density at radius 1 is 1.26 bits per heavy atom. The zero-order valence-electron chi connectivity index (χ0n) is 12.0. The summed E-state index contributed by atoms with van der Waals surface area (Å²) in [5.74, 6) is -0.462. The maximum absolute atomic E-state index is 12.1. The van der Waals surface area contributed by atoms with Crippen LogP contribution in [0.4, 0.5) is 5.69 Å². The number of rotatable bonds is 5.